The summed E-state index contributed by atoms with van der Waals surface area (Å²) in [5, 5.41) is 0. The summed E-state index contributed by atoms with van der Waals surface area (Å²) in [6.45, 7) is 13.3. The highest BCUT2D eigenvalue weighted by atomic mass is 16.5. The number of hydrogen-bond acceptors (Lipinski definition) is 2. The van der Waals surface area contributed by atoms with Gasteiger partial charge in [-0.25, -0.2) is 4.99 Å². The molecule has 0 aromatic carbocycles. The van der Waals surface area contributed by atoms with Gasteiger partial charge in [-0.15, -0.1) is 0 Å². The molecule has 0 aliphatic rings. The first-order valence-corrected chi connectivity index (χ1v) is 5.58. The highest BCUT2D eigenvalue weighted by Gasteiger charge is 2.11. The highest BCUT2D eigenvalue weighted by Crippen LogP contribution is 2.06. The predicted octanol–water partition coefficient (Wildman–Crippen LogP) is 1.46. The Hall–Kier alpha value is -0.770. The van der Waals surface area contributed by atoms with Crippen LogP contribution >= 0.6 is 0 Å². The molecule has 0 saturated heterocycles. The number of guanidine groups is 1. The molecule has 0 saturated carbocycles. The van der Waals surface area contributed by atoms with Crippen LogP contribution in [0, 0.1) is 0 Å². The van der Waals surface area contributed by atoms with Crippen molar-refractivity contribution >= 4 is 5.96 Å². The normalized spacial score (nSPS) is 13.0. The molecule has 15 heavy (non-hydrogen) atoms. The third-order valence-electron chi connectivity index (χ3n) is 1.87. The molecular weight excluding hydrogens is 190 g/mol. The Morgan fingerprint density at radius 2 is 1.93 bits per heavy atom. The Morgan fingerprint density at radius 1 is 1.33 bits per heavy atom. The number of likely N-dealkylation sites (N-methyl/N-ethyl adjacent to an activating group) is 1. The summed E-state index contributed by atoms with van der Waals surface area (Å²) in [6.07, 6.45) is 0. The largest absolute Gasteiger partial charge is 0.380 e. The fourth-order valence-electron chi connectivity index (χ4n) is 1.17. The quantitative estimate of drug-likeness (QED) is 0.429. The zero-order valence-electron chi connectivity index (χ0n) is 10.7. The van der Waals surface area contributed by atoms with Gasteiger partial charge in [-0.2, -0.15) is 0 Å². The van der Waals surface area contributed by atoms with Crippen LogP contribution in [0.2, 0.25) is 0 Å². The van der Waals surface area contributed by atoms with Crippen LogP contribution in [0.4, 0.5) is 0 Å². The first-order valence-electron chi connectivity index (χ1n) is 5.58. The van der Waals surface area contributed by atoms with E-state index in [1.54, 1.807) is 0 Å². The lowest BCUT2D eigenvalue weighted by molar-refractivity contribution is 0.133. The molecule has 0 atom stereocenters. The molecule has 0 amide bonds. The van der Waals surface area contributed by atoms with Crippen molar-refractivity contribution < 1.29 is 4.74 Å². The Bertz CT molecular complexity index is 196. The van der Waals surface area contributed by atoms with E-state index in [2.05, 4.69) is 11.9 Å². The van der Waals surface area contributed by atoms with Gasteiger partial charge >= 0.3 is 0 Å². The summed E-state index contributed by atoms with van der Waals surface area (Å²) >= 11 is 0. The van der Waals surface area contributed by atoms with Crippen molar-refractivity contribution in [1.29, 1.82) is 0 Å². The first-order chi connectivity index (χ1) is 6.90. The van der Waals surface area contributed by atoms with Crippen LogP contribution in [-0.4, -0.2) is 42.7 Å². The second kappa shape index (κ2) is 6.67. The van der Waals surface area contributed by atoms with Crippen LogP contribution in [0.25, 0.3) is 0 Å². The lowest BCUT2D eigenvalue weighted by atomic mass is 10.1. The monoisotopic (exact) mass is 215 g/mol. The van der Waals surface area contributed by atoms with Gasteiger partial charge in [-0.1, -0.05) is 0 Å². The number of nitrogens with zero attached hydrogens (tertiary/aromatic N) is 2. The van der Waals surface area contributed by atoms with Crippen molar-refractivity contribution in [2.75, 3.05) is 26.3 Å². The molecule has 0 radical (unpaired) electrons. The summed E-state index contributed by atoms with van der Waals surface area (Å²) in [5.41, 5.74) is 5.80. The molecule has 0 bridgehead atoms. The van der Waals surface area contributed by atoms with Crippen molar-refractivity contribution in [3.63, 3.8) is 0 Å². The third-order valence-corrected chi connectivity index (χ3v) is 1.87. The SMILES string of the molecule is CCOCCN(CC)C(N)=NC(C)(C)C. The molecule has 0 unspecified atom stereocenters. The fraction of sp³-hybridized carbons (Fsp3) is 0.909. The standard InChI is InChI=1S/C11H25N3O/c1-6-14(8-9-15-7-2)10(12)13-11(3,4)5/h6-9H2,1-5H3,(H2,12,13). The summed E-state index contributed by atoms with van der Waals surface area (Å²) in [6, 6.07) is 0. The molecular formula is C11H25N3O. The van der Waals surface area contributed by atoms with Gasteiger partial charge in [0.05, 0.1) is 12.1 Å². The van der Waals surface area contributed by atoms with Gasteiger partial charge in [0, 0.05) is 19.7 Å². The number of ether oxygens (including phenoxy) is 1. The van der Waals surface area contributed by atoms with Crippen LogP contribution in [-0.2, 0) is 4.74 Å². The highest BCUT2D eigenvalue weighted by molar-refractivity contribution is 5.78. The molecule has 4 nitrogen and oxygen atoms in total. The fourth-order valence-corrected chi connectivity index (χ4v) is 1.17. The van der Waals surface area contributed by atoms with E-state index in [9.17, 15) is 0 Å². The molecule has 0 fully saturated rings. The van der Waals surface area contributed by atoms with E-state index in [1.807, 2.05) is 32.6 Å². The topological polar surface area (TPSA) is 50.9 Å². The molecule has 0 aromatic rings. The lowest BCUT2D eigenvalue weighted by Gasteiger charge is -2.24. The molecule has 0 rings (SSSR count). The second-order valence-electron chi connectivity index (χ2n) is 4.42. The third kappa shape index (κ3) is 7.19. The Kier molecular flexibility index (Phi) is 6.32. The predicted molar refractivity (Wildman–Crippen MR) is 65.1 cm³/mol. The maximum absolute atomic E-state index is 5.92. The van der Waals surface area contributed by atoms with E-state index in [-0.39, 0.29) is 5.54 Å². The van der Waals surface area contributed by atoms with Crippen LogP contribution in [0.3, 0.4) is 0 Å². The van der Waals surface area contributed by atoms with Gasteiger partial charge in [0.25, 0.3) is 0 Å². The molecule has 0 aliphatic carbocycles. The average Bonchev–Trinajstić information content (AvgIpc) is 2.09. The van der Waals surface area contributed by atoms with Crippen LogP contribution < -0.4 is 5.73 Å². The smallest absolute Gasteiger partial charge is 0.191 e. The van der Waals surface area contributed by atoms with Crippen molar-refractivity contribution in [1.82, 2.24) is 4.90 Å². The van der Waals surface area contributed by atoms with E-state index < -0.39 is 0 Å². The number of nitrogens with two attached hydrogens (primary N) is 1. The van der Waals surface area contributed by atoms with E-state index in [0.29, 0.717) is 12.6 Å². The van der Waals surface area contributed by atoms with Crippen LogP contribution in [0.1, 0.15) is 34.6 Å². The second-order valence-corrected chi connectivity index (χ2v) is 4.42. The van der Waals surface area contributed by atoms with Crippen molar-refractivity contribution in [2.45, 2.75) is 40.2 Å². The van der Waals surface area contributed by atoms with Crippen LogP contribution in [0.15, 0.2) is 4.99 Å². The Morgan fingerprint density at radius 3 is 2.33 bits per heavy atom. The van der Waals surface area contributed by atoms with Crippen molar-refractivity contribution in [2.24, 2.45) is 10.7 Å². The molecule has 4 heteroatoms. The zero-order valence-corrected chi connectivity index (χ0v) is 10.7. The summed E-state index contributed by atoms with van der Waals surface area (Å²) < 4.78 is 5.29. The molecule has 0 aromatic heterocycles. The first kappa shape index (κ1) is 14.2. The van der Waals surface area contributed by atoms with Gasteiger partial charge in [-0.05, 0) is 34.6 Å². The summed E-state index contributed by atoms with van der Waals surface area (Å²) in [7, 11) is 0. The number of rotatable bonds is 5. The maximum Gasteiger partial charge on any atom is 0.191 e. The summed E-state index contributed by atoms with van der Waals surface area (Å²) in [5.74, 6) is 0.602. The number of aliphatic imine (C=N–C) groups is 1. The Balaban J connectivity index is 4.21. The molecule has 0 aliphatic heterocycles. The Labute approximate surface area is 93.5 Å². The minimum absolute atomic E-state index is 0.122. The lowest BCUT2D eigenvalue weighted by Crippen LogP contribution is -2.41. The molecule has 90 valence electrons. The molecule has 2 N–H and O–H groups in total. The maximum atomic E-state index is 5.92. The summed E-state index contributed by atoms with van der Waals surface area (Å²) in [4.78, 5) is 6.45. The van der Waals surface area contributed by atoms with Crippen molar-refractivity contribution in [3.8, 4) is 0 Å². The van der Waals surface area contributed by atoms with Gasteiger partial charge in [-0.3, -0.25) is 0 Å². The van der Waals surface area contributed by atoms with Gasteiger partial charge < -0.3 is 15.4 Å². The van der Waals surface area contributed by atoms with E-state index >= 15 is 0 Å². The minimum Gasteiger partial charge on any atom is -0.380 e. The van der Waals surface area contributed by atoms with Crippen molar-refractivity contribution in [3.05, 3.63) is 0 Å². The van der Waals surface area contributed by atoms with E-state index in [0.717, 1.165) is 19.7 Å². The molecule has 0 spiro atoms. The average molecular weight is 215 g/mol. The molecule has 0 heterocycles. The van der Waals surface area contributed by atoms with Gasteiger partial charge in [0.1, 0.15) is 0 Å². The van der Waals surface area contributed by atoms with Gasteiger partial charge in [0.2, 0.25) is 0 Å². The van der Waals surface area contributed by atoms with E-state index in [1.165, 1.54) is 0 Å². The van der Waals surface area contributed by atoms with Crippen LogP contribution in [0.5, 0.6) is 0 Å². The minimum atomic E-state index is -0.122. The zero-order chi connectivity index (χ0) is 11.9. The number of hydrogen-bond donors (Lipinski definition) is 1. The van der Waals surface area contributed by atoms with Gasteiger partial charge in [0.15, 0.2) is 5.96 Å². The van der Waals surface area contributed by atoms with E-state index in [4.69, 9.17) is 10.5 Å².